The third-order valence-electron chi connectivity index (χ3n) is 4.69. The fourth-order valence-corrected chi connectivity index (χ4v) is 3.55. The predicted molar refractivity (Wildman–Crippen MR) is 80.7 cm³/mol. The topological polar surface area (TPSA) is 50.4 Å². The number of rotatable bonds is 5. The molecule has 1 heterocycles. The molecular formula is C16H30N2O2. The first kappa shape index (κ1) is 15.8. The van der Waals surface area contributed by atoms with Crippen molar-refractivity contribution < 1.29 is 9.53 Å². The molecule has 4 heteroatoms. The van der Waals surface area contributed by atoms with Gasteiger partial charge >= 0.3 is 0 Å². The average molecular weight is 282 g/mol. The van der Waals surface area contributed by atoms with Crippen LogP contribution in [0.4, 0.5) is 0 Å². The van der Waals surface area contributed by atoms with E-state index < -0.39 is 0 Å². The van der Waals surface area contributed by atoms with Crippen LogP contribution in [0.15, 0.2) is 0 Å². The smallest absolute Gasteiger partial charge is 0.236 e. The van der Waals surface area contributed by atoms with Crippen LogP contribution in [0.2, 0.25) is 0 Å². The molecule has 0 aromatic heterocycles. The standard InChI is InChI=1S/C16H30N2O2/c1-3-10-17-15(19)13(2)18-14-7-11-20-16(12-14)8-5-4-6-9-16/h13-14,18H,3-12H2,1-2H3,(H,17,19). The highest BCUT2D eigenvalue weighted by atomic mass is 16.5. The fraction of sp³-hybridized carbons (Fsp3) is 0.938. The van der Waals surface area contributed by atoms with E-state index in [1.807, 2.05) is 6.92 Å². The molecule has 1 saturated heterocycles. The van der Waals surface area contributed by atoms with Gasteiger partial charge in [0.2, 0.25) is 5.91 Å². The van der Waals surface area contributed by atoms with E-state index in [2.05, 4.69) is 17.6 Å². The van der Waals surface area contributed by atoms with Crippen molar-refractivity contribution in [2.24, 2.45) is 0 Å². The highest BCUT2D eigenvalue weighted by Crippen LogP contribution is 2.38. The maximum atomic E-state index is 11.9. The zero-order valence-corrected chi connectivity index (χ0v) is 13.0. The monoisotopic (exact) mass is 282 g/mol. The van der Waals surface area contributed by atoms with E-state index in [-0.39, 0.29) is 17.6 Å². The van der Waals surface area contributed by atoms with Gasteiger partial charge in [-0.1, -0.05) is 26.2 Å². The highest BCUT2D eigenvalue weighted by Gasteiger charge is 2.38. The molecule has 0 aromatic rings. The Labute approximate surface area is 123 Å². The fourth-order valence-electron chi connectivity index (χ4n) is 3.55. The molecule has 1 spiro atoms. The Balaban J connectivity index is 1.81. The molecule has 4 nitrogen and oxygen atoms in total. The molecule has 2 atom stereocenters. The minimum atomic E-state index is -0.106. The van der Waals surface area contributed by atoms with E-state index in [1.165, 1.54) is 32.1 Å². The van der Waals surface area contributed by atoms with Gasteiger partial charge in [0.25, 0.3) is 0 Å². The zero-order chi connectivity index (χ0) is 14.4. The Hall–Kier alpha value is -0.610. The minimum absolute atomic E-state index is 0.105. The molecule has 1 aliphatic heterocycles. The molecule has 2 N–H and O–H groups in total. The van der Waals surface area contributed by atoms with Gasteiger partial charge in [-0.05, 0) is 39.0 Å². The Morgan fingerprint density at radius 1 is 1.35 bits per heavy atom. The largest absolute Gasteiger partial charge is 0.375 e. The molecule has 1 amide bonds. The second-order valence-corrected chi connectivity index (χ2v) is 6.46. The summed E-state index contributed by atoms with van der Waals surface area (Å²) in [5, 5.41) is 6.47. The molecular weight excluding hydrogens is 252 g/mol. The summed E-state index contributed by atoms with van der Waals surface area (Å²) in [7, 11) is 0. The summed E-state index contributed by atoms with van der Waals surface area (Å²) in [5.41, 5.74) is 0.105. The van der Waals surface area contributed by atoms with E-state index in [1.54, 1.807) is 0 Å². The van der Waals surface area contributed by atoms with Crippen LogP contribution in [0.1, 0.15) is 65.2 Å². The van der Waals surface area contributed by atoms with Gasteiger partial charge in [-0.3, -0.25) is 4.79 Å². The Morgan fingerprint density at radius 3 is 2.80 bits per heavy atom. The third kappa shape index (κ3) is 4.19. The van der Waals surface area contributed by atoms with Crippen LogP contribution in [-0.4, -0.2) is 36.7 Å². The van der Waals surface area contributed by atoms with E-state index in [4.69, 9.17) is 4.74 Å². The maximum absolute atomic E-state index is 11.9. The lowest BCUT2D eigenvalue weighted by Gasteiger charge is -2.44. The first-order chi connectivity index (χ1) is 9.65. The van der Waals surface area contributed by atoms with Crippen LogP contribution < -0.4 is 10.6 Å². The molecule has 2 fully saturated rings. The van der Waals surface area contributed by atoms with Gasteiger partial charge < -0.3 is 15.4 Å². The number of amides is 1. The van der Waals surface area contributed by atoms with E-state index in [9.17, 15) is 4.79 Å². The lowest BCUT2D eigenvalue weighted by molar-refractivity contribution is -0.125. The summed E-state index contributed by atoms with van der Waals surface area (Å²) in [5.74, 6) is 0.121. The molecule has 0 bridgehead atoms. The number of ether oxygens (including phenoxy) is 1. The van der Waals surface area contributed by atoms with E-state index in [0.717, 1.165) is 32.4 Å². The molecule has 2 aliphatic rings. The molecule has 1 aliphatic carbocycles. The predicted octanol–water partition coefficient (Wildman–Crippen LogP) is 2.37. The van der Waals surface area contributed by atoms with Crippen LogP contribution >= 0.6 is 0 Å². The molecule has 0 aromatic carbocycles. The van der Waals surface area contributed by atoms with Gasteiger partial charge in [0.15, 0.2) is 0 Å². The zero-order valence-electron chi connectivity index (χ0n) is 13.0. The van der Waals surface area contributed by atoms with Gasteiger partial charge in [-0.25, -0.2) is 0 Å². The Morgan fingerprint density at radius 2 is 2.10 bits per heavy atom. The third-order valence-corrected chi connectivity index (χ3v) is 4.69. The van der Waals surface area contributed by atoms with Crippen molar-refractivity contribution in [3.63, 3.8) is 0 Å². The van der Waals surface area contributed by atoms with Gasteiger partial charge in [0, 0.05) is 19.2 Å². The molecule has 0 radical (unpaired) electrons. The summed E-state index contributed by atoms with van der Waals surface area (Å²) in [6.45, 7) is 5.64. The summed E-state index contributed by atoms with van der Waals surface area (Å²) in [4.78, 5) is 11.9. The molecule has 1 saturated carbocycles. The summed E-state index contributed by atoms with van der Waals surface area (Å²) in [6, 6.07) is 0.314. The van der Waals surface area contributed by atoms with Crippen molar-refractivity contribution in [1.82, 2.24) is 10.6 Å². The van der Waals surface area contributed by atoms with Crippen molar-refractivity contribution >= 4 is 5.91 Å². The maximum Gasteiger partial charge on any atom is 0.236 e. The average Bonchev–Trinajstić information content (AvgIpc) is 2.45. The Kier molecular flexibility index (Phi) is 5.85. The number of nitrogens with one attached hydrogen (secondary N) is 2. The van der Waals surface area contributed by atoms with Crippen molar-refractivity contribution in [1.29, 1.82) is 0 Å². The van der Waals surface area contributed by atoms with Crippen molar-refractivity contribution in [3.8, 4) is 0 Å². The number of carbonyl (C=O) groups excluding carboxylic acids is 1. The molecule has 2 unspecified atom stereocenters. The first-order valence-electron chi connectivity index (χ1n) is 8.33. The lowest BCUT2D eigenvalue weighted by Crippen LogP contribution is -2.53. The van der Waals surface area contributed by atoms with Crippen LogP contribution in [0.25, 0.3) is 0 Å². The van der Waals surface area contributed by atoms with Gasteiger partial charge in [0.05, 0.1) is 11.6 Å². The summed E-state index contributed by atoms with van der Waals surface area (Å²) in [6.07, 6.45) is 9.39. The molecule has 20 heavy (non-hydrogen) atoms. The van der Waals surface area contributed by atoms with Crippen LogP contribution in [-0.2, 0) is 9.53 Å². The van der Waals surface area contributed by atoms with Gasteiger partial charge in [0.1, 0.15) is 0 Å². The number of hydrogen-bond acceptors (Lipinski definition) is 3. The van der Waals surface area contributed by atoms with Crippen LogP contribution in [0, 0.1) is 0 Å². The van der Waals surface area contributed by atoms with Gasteiger partial charge in [-0.15, -0.1) is 0 Å². The quantitative estimate of drug-likeness (QED) is 0.814. The lowest BCUT2D eigenvalue weighted by atomic mass is 9.78. The second-order valence-electron chi connectivity index (χ2n) is 6.46. The van der Waals surface area contributed by atoms with Crippen LogP contribution in [0.5, 0.6) is 0 Å². The van der Waals surface area contributed by atoms with Gasteiger partial charge in [-0.2, -0.15) is 0 Å². The summed E-state index contributed by atoms with van der Waals surface area (Å²) >= 11 is 0. The normalized spacial score (nSPS) is 27.2. The van der Waals surface area contributed by atoms with Crippen molar-refractivity contribution in [2.45, 2.75) is 82.9 Å². The van der Waals surface area contributed by atoms with E-state index >= 15 is 0 Å². The number of hydrogen-bond donors (Lipinski definition) is 2. The van der Waals surface area contributed by atoms with Crippen molar-refractivity contribution in [3.05, 3.63) is 0 Å². The molecule has 116 valence electrons. The second kappa shape index (κ2) is 7.41. The minimum Gasteiger partial charge on any atom is -0.375 e. The Bertz CT molecular complexity index is 308. The van der Waals surface area contributed by atoms with Crippen molar-refractivity contribution in [2.75, 3.05) is 13.2 Å². The first-order valence-corrected chi connectivity index (χ1v) is 8.33. The molecule has 2 rings (SSSR count). The SMILES string of the molecule is CCCNC(=O)C(C)NC1CCOC2(CCCCC2)C1. The van der Waals surface area contributed by atoms with Crippen LogP contribution in [0.3, 0.4) is 0 Å². The van der Waals surface area contributed by atoms with E-state index in [0.29, 0.717) is 6.04 Å². The highest BCUT2D eigenvalue weighted by molar-refractivity contribution is 5.81. The summed E-state index contributed by atoms with van der Waals surface area (Å²) < 4.78 is 6.10. The number of carbonyl (C=O) groups is 1.